The van der Waals surface area contributed by atoms with Gasteiger partial charge in [-0.15, -0.1) is 0 Å². The fraction of sp³-hybridized carbons (Fsp3) is 0.867. The molecule has 3 aliphatic rings. The standard InChI is InChI=1S/C14H25N3O2S.CH2O2/c1-14(19)10-17(11-14)20-16-8-4-5-12(9-16)13(18)15-6-2-3-7-15;2-1-3/h12,19H,2-11H2,1H3;1H,(H,2,3). The second-order valence-corrected chi connectivity index (χ2v) is 7.94. The predicted octanol–water partition coefficient (Wildman–Crippen LogP) is 0.651. The monoisotopic (exact) mass is 345 g/mol. The highest BCUT2D eigenvalue weighted by molar-refractivity contribution is 7.94. The summed E-state index contributed by atoms with van der Waals surface area (Å²) in [5, 5.41) is 16.7. The third-order valence-corrected chi connectivity index (χ3v) is 5.47. The van der Waals surface area contributed by atoms with E-state index in [9.17, 15) is 9.90 Å². The molecule has 0 aliphatic carbocycles. The number of aliphatic hydroxyl groups is 1. The van der Waals surface area contributed by atoms with E-state index in [1.807, 2.05) is 11.8 Å². The Bertz CT molecular complexity index is 408. The highest BCUT2D eigenvalue weighted by Crippen LogP contribution is 2.32. The maximum atomic E-state index is 12.5. The van der Waals surface area contributed by atoms with Crippen molar-refractivity contribution < 1.29 is 19.8 Å². The lowest BCUT2D eigenvalue weighted by atomic mass is 9.98. The average molecular weight is 345 g/mol. The van der Waals surface area contributed by atoms with Crippen molar-refractivity contribution in [1.29, 1.82) is 0 Å². The van der Waals surface area contributed by atoms with Crippen LogP contribution in [-0.2, 0) is 9.59 Å². The molecule has 23 heavy (non-hydrogen) atoms. The molecular formula is C15H27N3O4S. The van der Waals surface area contributed by atoms with Crippen molar-refractivity contribution in [2.45, 2.75) is 38.2 Å². The SMILES string of the molecule is CC1(O)CN(SN2CCCC(C(=O)N3CCCC3)C2)C1.O=CO. The van der Waals surface area contributed by atoms with Gasteiger partial charge in [0.15, 0.2) is 0 Å². The van der Waals surface area contributed by atoms with Crippen LogP contribution < -0.4 is 0 Å². The number of nitrogens with zero attached hydrogens (tertiary/aromatic N) is 3. The zero-order valence-electron chi connectivity index (χ0n) is 13.7. The van der Waals surface area contributed by atoms with E-state index in [1.54, 1.807) is 12.1 Å². The zero-order chi connectivity index (χ0) is 16.9. The molecule has 3 rings (SSSR count). The minimum absolute atomic E-state index is 0.177. The van der Waals surface area contributed by atoms with Gasteiger partial charge in [0.1, 0.15) is 0 Å². The summed E-state index contributed by atoms with van der Waals surface area (Å²) in [5.41, 5.74) is -0.520. The number of hydrogen-bond acceptors (Lipinski definition) is 6. The number of carbonyl (C=O) groups is 2. The predicted molar refractivity (Wildman–Crippen MR) is 88.6 cm³/mol. The largest absolute Gasteiger partial charge is 0.483 e. The molecule has 8 heteroatoms. The van der Waals surface area contributed by atoms with Crippen LogP contribution in [-0.4, -0.2) is 81.0 Å². The lowest BCUT2D eigenvalue weighted by molar-refractivity contribution is -0.135. The first-order valence-corrected chi connectivity index (χ1v) is 8.95. The number of carboxylic acid groups (broad SMARTS) is 1. The second-order valence-electron chi connectivity index (χ2n) is 6.74. The Balaban J connectivity index is 0.000000595. The Morgan fingerprint density at radius 1 is 1.17 bits per heavy atom. The van der Waals surface area contributed by atoms with Gasteiger partial charge in [-0.2, -0.15) is 0 Å². The van der Waals surface area contributed by atoms with Crippen LogP contribution in [0.2, 0.25) is 0 Å². The number of likely N-dealkylation sites (tertiary alicyclic amines) is 1. The van der Waals surface area contributed by atoms with Gasteiger partial charge in [-0.3, -0.25) is 9.59 Å². The number of rotatable bonds is 3. The second kappa shape index (κ2) is 8.32. The van der Waals surface area contributed by atoms with Gasteiger partial charge in [0.25, 0.3) is 6.47 Å². The van der Waals surface area contributed by atoms with E-state index in [-0.39, 0.29) is 12.4 Å². The van der Waals surface area contributed by atoms with Crippen LogP contribution in [0.3, 0.4) is 0 Å². The molecule has 0 aromatic heterocycles. The van der Waals surface area contributed by atoms with E-state index in [0.717, 1.165) is 52.1 Å². The quantitative estimate of drug-likeness (QED) is 0.574. The third kappa shape index (κ3) is 5.34. The van der Waals surface area contributed by atoms with Gasteiger partial charge in [-0.25, -0.2) is 8.61 Å². The number of β-amino-alcohol motifs (C(OH)–C–C–N with tert-alkyl or cyclic N) is 1. The zero-order valence-corrected chi connectivity index (χ0v) is 14.5. The van der Waals surface area contributed by atoms with Crippen molar-refractivity contribution in [1.82, 2.24) is 13.5 Å². The molecule has 2 N–H and O–H groups in total. The van der Waals surface area contributed by atoms with Crippen LogP contribution in [0.4, 0.5) is 0 Å². The van der Waals surface area contributed by atoms with Gasteiger partial charge in [0.05, 0.1) is 11.5 Å². The molecule has 1 atom stereocenters. The summed E-state index contributed by atoms with van der Waals surface area (Å²) in [7, 11) is 0. The first kappa shape index (κ1) is 18.5. The minimum atomic E-state index is -0.520. The van der Waals surface area contributed by atoms with Crippen molar-refractivity contribution in [3.8, 4) is 0 Å². The number of carbonyl (C=O) groups excluding carboxylic acids is 1. The van der Waals surface area contributed by atoms with Crippen molar-refractivity contribution in [2.75, 3.05) is 39.3 Å². The summed E-state index contributed by atoms with van der Waals surface area (Å²) in [4.78, 5) is 22.9. The summed E-state index contributed by atoms with van der Waals surface area (Å²) in [6.07, 6.45) is 4.46. The molecule has 1 amide bonds. The Kier molecular flexibility index (Phi) is 6.70. The molecule has 0 bridgehead atoms. The summed E-state index contributed by atoms with van der Waals surface area (Å²) in [6.45, 7) is 6.89. The van der Waals surface area contributed by atoms with Crippen molar-refractivity contribution in [2.24, 2.45) is 5.92 Å². The Morgan fingerprint density at radius 3 is 2.35 bits per heavy atom. The van der Waals surface area contributed by atoms with Crippen LogP contribution >= 0.6 is 12.1 Å². The summed E-state index contributed by atoms with van der Waals surface area (Å²) in [5.74, 6) is 0.541. The van der Waals surface area contributed by atoms with E-state index >= 15 is 0 Å². The first-order valence-electron chi connectivity index (χ1n) is 8.22. The molecule has 132 valence electrons. The van der Waals surface area contributed by atoms with Gasteiger partial charge >= 0.3 is 0 Å². The fourth-order valence-corrected chi connectivity index (χ4v) is 4.80. The van der Waals surface area contributed by atoms with E-state index in [0.29, 0.717) is 5.91 Å². The topological polar surface area (TPSA) is 84.3 Å². The number of hydrogen-bond donors (Lipinski definition) is 2. The normalized spacial score (nSPS) is 27.7. The number of piperidine rings is 1. The summed E-state index contributed by atoms with van der Waals surface area (Å²) < 4.78 is 4.49. The molecule has 0 spiro atoms. The third-order valence-electron chi connectivity index (χ3n) is 4.42. The molecule has 1 unspecified atom stereocenters. The number of amides is 1. The molecular weight excluding hydrogens is 318 g/mol. The van der Waals surface area contributed by atoms with Crippen LogP contribution in [0.1, 0.15) is 32.6 Å². The van der Waals surface area contributed by atoms with Crippen LogP contribution in [0.15, 0.2) is 0 Å². The van der Waals surface area contributed by atoms with E-state index in [4.69, 9.17) is 9.90 Å². The maximum Gasteiger partial charge on any atom is 0.290 e. The lowest BCUT2D eigenvalue weighted by Gasteiger charge is -2.45. The van der Waals surface area contributed by atoms with Gasteiger partial charge < -0.3 is 15.1 Å². The Labute approximate surface area is 141 Å². The van der Waals surface area contributed by atoms with Crippen molar-refractivity contribution in [3.63, 3.8) is 0 Å². The molecule has 3 fully saturated rings. The first-order chi connectivity index (χ1) is 10.9. The van der Waals surface area contributed by atoms with E-state index in [2.05, 4.69) is 8.61 Å². The van der Waals surface area contributed by atoms with Gasteiger partial charge in [0.2, 0.25) is 5.91 Å². The Hall–Kier alpha value is -0.830. The van der Waals surface area contributed by atoms with Gasteiger partial charge in [-0.1, -0.05) is 0 Å². The minimum Gasteiger partial charge on any atom is -0.483 e. The molecule has 3 aliphatic heterocycles. The van der Waals surface area contributed by atoms with Gasteiger partial charge in [0, 0.05) is 51.4 Å². The van der Waals surface area contributed by atoms with Crippen molar-refractivity contribution in [3.05, 3.63) is 0 Å². The van der Waals surface area contributed by atoms with E-state index in [1.165, 1.54) is 12.8 Å². The molecule has 0 saturated carbocycles. The highest BCUT2D eigenvalue weighted by atomic mass is 32.2. The van der Waals surface area contributed by atoms with E-state index < -0.39 is 5.60 Å². The molecule has 0 aromatic carbocycles. The molecule has 0 radical (unpaired) electrons. The van der Waals surface area contributed by atoms with Gasteiger partial charge in [-0.05, 0) is 32.6 Å². The smallest absolute Gasteiger partial charge is 0.290 e. The van der Waals surface area contributed by atoms with Crippen LogP contribution in [0, 0.1) is 5.92 Å². The summed E-state index contributed by atoms with van der Waals surface area (Å²) in [6, 6.07) is 0. The lowest BCUT2D eigenvalue weighted by Crippen LogP contribution is -2.58. The maximum absolute atomic E-state index is 12.5. The molecule has 3 heterocycles. The molecule has 3 saturated heterocycles. The van der Waals surface area contributed by atoms with Crippen molar-refractivity contribution >= 4 is 24.5 Å². The average Bonchev–Trinajstić information content (AvgIpc) is 3.00. The molecule has 0 aromatic rings. The highest BCUT2D eigenvalue weighted by Gasteiger charge is 2.39. The van der Waals surface area contributed by atoms with Crippen LogP contribution in [0.25, 0.3) is 0 Å². The Morgan fingerprint density at radius 2 is 1.78 bits per heavy atom. The summed E-state index contributed by atoms with van der Waals surface area (Å²) >= 11 is 1.71. The molecule has 7 nitrogen and oxygen atoms in total. The fourth-order valence-electron chi connectivity index (χ4n) is 3.35. The van der Waals surface area contributed by atoms with Crippen LogP contribution in [0.5, 0.6) is 0 Å².